The van der Waals surface area contributed by atoms with E-state index in [0.717, 1.165) is 17.2 Å². The molecule has 0 aromatic carbocycles. The third-order valence-electron chi connectivity index (χ3n) is 2.91. The average Bonchev–Trinajstić information content (AvgIpc) is 2.85. The molecule has 7 heteroatoms. The largest absolute Gasteiger partial charge is 0.345 e. The van der Waals surface area contributed by atoms with Crippen molar-refractivity contribution in [1.29, 1.82) is 0 Å². The van der Waals surface area contributed by atoms with Crippen molar-refractivity contribution in [2.75, 3.05) is 0 Å². The normalized spacial score (nSPS) is 12.4. The third-order valence-corrected chi connectivity index (χ3v) is 2.91. The van der Waals surface area contributed by atoms with E-state index in [1.54, 1.807) is 15.6 Å². The monoisotopic (exact) mass is 262 g/mol. The van der Waals surface area contributed by atoms with Gasteiger partial charge >= 0.3 is 0 Å². The number of nitrogens with one attached hydrogen (secondary N) is 1. The Kier molecular flexibility index (Phi) is 3.64. The highest BCUT2D eigenvalue weighted by Crippen LogP contribution is 2.07. The van der Waals surface area contributed by atoms with Crippen LogP contribution >= 0.6 is 0 Å². The minimum atomic E-state index is -0.183. The Bertz CT molecular complexity index is 585. The van der Waals surface area contributed by atoms with Gasteiger partial charge in [-0.2, -0.15) is 5.10 Å². The number of hydrogen-bond acceptors (Lipinski definition) is 4. The molecule has 2 heterocycles. The molecule has 1 atom stereocenters. The van der Waals surface area contributed by atoms with E-state index >= 15 is 0 Å². The van der Waals surface area contributed by atoms with Crippen LogP contribution in [0.5, 0.6) is 0 Å². The fourth-order valence-corrected chi connectivity index (χ4v) is 2.01. The maximum absolute atomic E-state index is 12.0. The van der Waals surface area contributed by atoms with E-state index in [1.807, 2.05) is 33.9 Å². The molecule has 1 N–H and O–H groups in total. The van der Waals surface area contributed by atoms with Gasteiger partial charge in [-0.25, -0.2) is 0 Å². The molecule has 0 aliphatic heterocycles. The molecule has 0 unspecified atom stereocenters. The lowest BCUT2D eigenvalue weighted by molar-refractivity contribution is -0.122. The summed E-state index contributed by atoms with van der Waals surface area (Å²) in [6.45, 7) is 5.92. The van der Waals surface area contributed by atoms with Gasteiger partial charge in [-0.3, -0.25) is 9.48 Å². The van der Waals surface area contributed by atoms with Crippen molar-refractivity contribution >= 4 is 5.91 Å². The van der Waals surface area contributed by atoms with Crippen LogP contribution in [0, 0.1) is 13.8 Å². The van der Waals surface area contributed by atoms with Crippen LogP contribution < -0.4 is 5.32 Å². The summed E-state index contributed by atoms with van der Waals surface area (Å²) in [6.07, 6.45) is 1.61. The van der Waals surface area contributed by atoms with E-state index in [2.05, 4.69) is 20.6 Å². The van der Waals surface area contributed by atoms with Crippen LogP contribution in [0.4, 0.5) is 0 Å². The highest BCUT2D eigenvalue weighted by atomic mass is 16.2. The summed E-state index contributed by atoms with van der Waals surface area (Å²) in [6, 6.07) is 1.76. The van der Waals surface area contributed by atoms with Gasteiger partial charge in [0.15, 0.2) is 5.82 Å². The van der Waals surface area contributed by atoms with E-state index in [1.165, 1.54) is 0 Å². The van der Waals surface area contributed by atoms with Crippen LogP contribution in [-0.2, 0) is 18.4 Å². The van der Waals surface area contributed by atoms with E-state index in [0.29, 0.717) is 0 Å². The summed E-state index contributed by atoms with van der Waals surface area (Å²) in [5, 5.41) is 14.9. The zero-order valence-corrected chi connectivity index (χ0v) is 11.6. The van der Waals surface area contributed by atoms with Gasteiger partial charge < -0.3 is 9.88 Å². The summed E-state index contributed by atoms with van der Waals surface area (Å²) >= 11 is 0. The Hall–Kier alpha value is -2.18. The Morgan fingerprint density at radius 3 is 2.74 bits per heavy atom. The van der Waals surface area contributed by atoms with E-state index in [4.69, 9.17) is 0 Å². The lowest BCUT2D eigenvalue weighted by Gasteiger charge is -2.13. The molecular formula is C12H18N6O. The van der Waals surface area contributed by atoms with Crippen molar-refractivity contribution in [2.24, 2.45) is 7.05 Å². The zero-order chi connectivity index (χ0) is 14.0. The molecule has 0 saturated carbocycles. The molecule has 0 spiro atoms. The summed E-state index contributed by atoms with van der Waals surface area (Å²) < 4.78 is 3.47. The smallest absolute Gasteiger partial charge is 0.242 e. The topological polar surface area (TPSA) is 77.6 Å². The van der Waals surface area contributed by atoms with Crippen LogP contribution in [0.1, 0.15) is 30.2 Å². The average molecular weight is 262 g/mol. The molecule has 2 aromatic heterocycles. The number of nitrogens with zero attached hydrogens (tertiary/aromatic N) is 5. The number of hydrogen-bond donors (Lipinski definition) is 1. The van der Waals surface area contributed by atoms with Crippen molar-refractivity contribution in [3.63, 3.8) is 0 Å². The fraction of sp³-hybridized carbons (Fsp3) is 0.500. The van der Waals surface area contributed by atoms with Crippen LogP contribution in [0.3, 0.4) is 0 Å². The SMILES string of the molecule is Cc1cc(C)n(CC(=O)N[C@H](C)c2nncn2C)n1. The lowest BCUT2D eigenvalue weighted by atomic mass is 10.3. The van der Waals surface area contributed by atoms with E-state index in [-0.39, 0.29) is 18.5 Å². The Labute approximate surface area is 111 Å². The van der Waals surface area contributed by atoms with Crippen LogP contribution in [0.15, 0.2) is 12.4 Å². The Morgan fingerprint density at radius 1 is 1.47 bits per heavy atom. The first-order valence-electron chi connectivity index (χ1n) is 6.11. The summed E-state index contributed by atoms with van der Waals surface area (Å²) in [5.74, 6) is 0.628. The first-order chi connectivity index (χ1) is 8.97. The molecule has 19 heavy (non-hydrogen) atoms. The molecule has 7 nitrogen and oxygen atoms in total. The van der Waals surface area contributed by atoms with Gasteiger partial charge in [-0.1, -0.05) is 0 Å². The van der Waals surface area contributed by atoms with Gasteiger partial charge in [-0.05, 0) is 26.8 Å². The maximum Gasteiger partial charge on any atom is 0.242 e. The molecule has 0 aliphatic rings. The van der Waals surface area contributed by atoms with Crippen molar-refractivity contribution < 1.29 is 4.79 Å². The highest BCUT2D eigenvalue weighted by Gasteiger charge is 2.15. The number of aryl methyl sites for hydroxylation is 3. The van der Waals surface area contributed by atoms with Crippen molar-refractivity contribution in [3.05, 3.63) is 29.6 Å². The standard InChI is InChI=1S/C12H18N6O/c1-8-5-9(2)18(16-8)6-11(19)14-10(3)12-15-13-7-17(12)4/h5,7,10H,6H2,1-4H3,(H,14,19)/t10-/m1/s1. The van der Waals surface area contributed by atoms with Crippen molar-refractivity contribution in [1.82, 2.24) is 29.9 Å². The third kappa shape index (κ3) is 2.98. The Morgan fingerprint density at radius 2 is 2.21 bits per heavy atom. The second-order valence-corrected chi connectivity index (χ2v) is 4.67. The van der Waals surface area contributed by atoms with Gasteiger partial charge in [0, 0.05) is 12.7 Å². The Balaban J connectivity index is 1.98. The minimum Gasteiger partial charge on any atom is -0.345 e. The number of aromatic nitrogens is 5. The number of carbonyl (C=O) groups excluding carboxylic acids is 1. The van der Waals surface area contributed by atoms with Gasteiger partial charge in [0.2, 0.25) is 5.91 Å². The zero-order valence-electron chi connectivity index (χ0n) is 11.6. The van der Waals surface area contributed by atoms with Gasteiger partial charge in [0.25, 0.3) is 0 Å². The predicted molar refractivity (Wildman–Crippen MR) is 69.3 cm³/mol. The molecular weight excluding hydrogens is 244 g/mol. The first-order valence-corrected chi connectivity index (χ1v) is 6.11. The molecule has 0 radical (unpaired) electrons. The molecule has 2 rings (SSSR count). The number of amides is 1. The highest BCUT2D eigenvalue weighted by molar-refractivity contribution is 5.76. The fourth-order valence-electron chi connectivity index (χ4n) is 2.01. The number of carbonyl (C=O) groups is 1. The molecule has 0 bridgehead atoms. The van der Waals surface area contributed by atoms with Crippen LogP contribution in [0.2, 0.25) is 0 Å². The van der Waals surface area contributed by atoms with Gasteiger partial charge in [-0.15, -0.1) is 10.2 Å². The first kappa shape index (κ1) is 13.3. The van der Waals surface area contributed by atoms with Crippen molar-refractivity contribution in [2.45, 2.75) is 33.4 Å². The maximum atomic E-state index is 12.0. The van der Waals surface area contributed by atoms with Gasteiger partial charge in [0.05, 0.1) is 11.7 Å². The predicted octanol–water partition coefficient (Wildman–Crippen LogP) is 0.506. The van der Waals surface area contributed by atoms with Crippen LogP contribution in [0.25, 0.3) is 0 Å². The van der Waals surface area contributed by atoms with Crippen LogP contribution in [-0.4, -0.2) is 30.5 Å². The molecule has 1 amide bonds. The van der Waals surface area contributed by atoms with E-state index in [9.17, 15) is 4.79 Å². The molecule has 0 aliphatic carbocycles. The van der Waals surface area contributed by atoms with Gasteiger partial charge in [0.1, 0.15) is 12.9 Å². The summed E-state index contributed by atoms with van der Waals surface area (Å²) in [7, 11) is 1.85. The quantitative estimate of drug-likeness (QED) is 0.870. The lowest BCUT2D eigenvalue weighted by Crippen LogP contribution is -2.32. The molecule has 0 saturated heterocycles. The second-order valence-electron chi connectivity index (χ2n) is 4.67. The van der Waals surface area contributed by atoms with Crippen molar-refractivity contribution in [3.8, 4) is 0 Å². The second kappa shape index (κ2) is 5.21. The molecule has 102 valence electrons. The summed E-state index contributed by atoms with van der Waals surface area (Å²) in [4.78, 5) is 12.0. The molecule has 2 aromatic rings. The minimum absolute atomic E-state index is 0.0956. The molecule has 0 fully saturated rings. The number of rotatable bonds is 4. The van der Waals surface area contributed by atoms with E-state index < -0.39 is 0 Å². The summed E-state index contributed by atoms with van der Waals surface area (Å²) in [5.41, 5.74) is 1.88.